The number of ether oxygens (including phenoxy) is 3. The predicted molar refractivity (Wildman–Crippen MR) is 111 cm³/mol. The van der Waals surface area contributed by atoms with Crippen LogP contribution in [0.1, 0.15) is 5.56 Å². The van der Waals surface area contributed by atoms with Crippen molar-refractivity contribution in [3.05, 3.63) is 48.0 Å². The Morgan fingerprint density at radius 3 is 1.91 bits per heavy atom. The van der Waals surface area contributed by atoms with Crippen LogP contribution in [0.4, 0.5) is 18.9 Å². The third-order valence-electron chi connectivity index (χ3n) is 5.66. The maximum Gasteiger partial charge on any atom is 0.421 e. The Morgan fingerprint density at radius 2 is 1.47 bits per heavy atom. The number of hydrogen-bond acceptors (Lipinski definition) is 7. The molecule has 1 unspecified atom stereocenters. The summed E-state index contributed by atoms with van der Waals surface area (Å²) in [7, 11) is 3.31. The van der Waals surface area contributed by atoms with Crippen molar-refractivity contribution in [1.82, 2.24) is 4.90 Å². The largest absolute Gasteiger partial charge is 0.502 e. The van der Waals surface area contributed by atoms with E-state index in [2.05, 4.69) is 4.74 Å². The molecule has 174 valence electrons. The van der Waals surface area contributed by atoms with Crippen molar-refractivity contribution >= 4 is 11.7 Å². The van der Waals surface area contributed by atoms with Crippen LogP contribution < -0.4 is 14.4 Å². The number of carbonyl (C=O) groups excluding carboxylic acids is 1. The molecule has 1 atom stereocenters. The van der Waals surface area contributed by atoms with Gasteiger partial charge in [-0.25, -0.2) is 4.79 Å². The fraction of sp³-hybridized carbons (Fsp3) is 0.409. The molecule has 0 aromatic heterocycles. The highest BCUT2D eigenvalue weighted by Crippen LogP contribution is 2.49. The molecule has 0 amide bonds. The van der Waals surface area contributed by atoms with E-state index in [-0.39, 0.29) is 37.7 Å². The number of hydrogen-bond donors (Lipinski definition) is 1. The van der Waals surface area contributed by atoms with Gasteiger partial charge in [0.2, 0.25) is 11.3 Å². The van der Waals surface area contributed by atoms with Crippen LogP contribution in [0.15, 0.2) is 42.5 Å². The quantitative estimate of drug-likeness (QED) is 0.673. The van der Waals surface area contributed by atoms with Crippen LogP contribution in [0.3, 0.4) is 0 Å². The Labute approximate surface area is 183 Å². The molecule has 1 aliphatic heterocycles. The van der Waals surface area contributed by atoms with Crippen LogP contribution in [0, 0.1) is 0 Å². The summed E-state index contributed by atoms with van der Waals surface area (Å²) in [5.41, 5.74) is -2.69. The summed E-state index contributed by atoms with van der Waals surface area (Å²) in [6, 6.07) is 11.3. The van der Waals surface area contributed by atoms with Crippen molar-refractivity contribution in [1.29, 1.82) is 0 Å². The van der Waals surface area contributed by atoms with E-state index in [9.17, 15) is 23.1 Å². The number of methoxy groups -OCH3 is 3. The second-order valence-corrected chi connectivity index (χ2v) is 7.24. The lowest BCUT2D eigenvalue weighted by atomic mass is 9.85. The molecule has 3 rings (SSSR count). The number of aromatic hydroxyl groups is 1. The smallest absolute Gasteiger partial charge is 0.421 e. The van der Waals surface area contributed by atoms with E-state index in [1.165, 1.54) is 14.2 Å². The topological polar surface area (TPSA) is 71.5 Å². The third-order valence-corrected chi connectivity index (χ3v) is 5.66. The molecule has 2 aromatic rings. The number of halogens is 3. The van der Waals surface area contributed by atoms with Gasteiger partial charge in [0.1, 0.15) is 0 Å². The highest BCUT2D eigenvalue weighted by Gasteiger charge is 2.66. The normalized spacial score (nSPS) is 16.9. The van der Waals surface area contributed by atoms with Crippen LogP contribution in [0.25, 0.3) is 0 Å². The van der Waals surface area contributed by atoms with Gasteiger partial charge in [-0.05, 0) is 24.3 Å². The number of nitrogens with zero attached hydrogens (tertiary/aromatic N) is 2. The van der Waals surface area contributed by atoms with Crippen LogP contribution >= 0.6 is 0 Å². The fourth-order valence-electron chi connectivity index (χ4n) is 4.08. The number of carbonyl (C=O) groups is 1. The lowest BCUT2D eigenvalue weighted by Crippen LogP contribution is -2.65. The predicted octanol–water partition coefficient (Wildman–Crippen LogP) is 3.16. The first-order valence-corrected chi connectivity index (χ1v) is 9.86. The Morgan fingerprint density at radius 1 is 0.938 bits per heavy atom. The third kappa shape index (κ3) is 3.90. The summed E-state index contributed by atoms with van der Waals surface area (Å²) >= 11 is 0. The molecule has 1 fully saturated rings. The Hall–Kier alpha value is -3.14. The van der Waals surface area contributed by atoms with Gasteiger partial charge in [0, 0.05) is 37.4 Å². The number of esters is 1. The summed E-state index contributed by atoms with van der Waals surface area (Å²) in [5, 5.41) is 10.2. The van der Waals surface area contributed by atoms with Gasteiger partial charge in [0.25, 0.3) is 0 Å². The van der Waals surface area contributed by atoms with E-state index in [0.717, 1.165) is 29.8 Å². The molecule has 0 saturated carbocycles. The molecule has 0 bridgehead atoms. The SMILES string of the molecule is COC(=O)C(c1cc(OC)c(O)c(OC)c1)(N1CCN(c2ccccc2)CC1)C(F)(F)F. The lowest BCUT2D eigenvalue weighted by molar-refractivity contribution is -0.245. The van der Waals surface area contributed by atoms with Gasteiger partial charge < -0.3 is 24.2 Å². The first kappa shape index (κ1) is 23.5. The molecule has 1 saturated heterocycles. The monoisotopic (exact) mass is 454 g/mol. The Bertz CT molecular complexity index is 921. The number of anilines is 1. The molecular formula is C22H25F3N2O5. The molecular weight excluding hydrogens is 429 g/mol. The summed E-state index contributed by atoms with van der Waals surface area (Å²) in [6.45, 7) is 0.417. The van der Waals surface area contributed by atoms with E-state index in [0.29, 0.717) is 0 Å². The van der Waals surface area contributed by atoms with Crippen LogP contribution in [-0.4, -0.2) is 69.7 Å². The summed E-state index contributed by atoms with van der Waals surface area (Å²) in [4.78, 5) is 15.9. The van der Waals surface area contributed by atoms with E-state index in [1.807, 2.05) is 35.2 Å². The molecule has 32 heavy (non-hydrogen) atoms. The van der Waals surface area contributed by atoms with E-state index in [4.69, 9.17) is 9.47 Å². The van der Waals surface area contributed by atoms with Crippen molar-refractivity contribution < 1.29 is 37.3 Å². The number of rotatable bonds is 6. The maximum absolute atomic E-state index is 14.8. The number of phenolic OH excluding ortho intramolecular Hbond substituents is 1. The molecule has 2 aromatic carbocycles. The summed E-state index contributed by atoms with van der Waals surface area (Å²) < 4.78 is 59.1. The molecule has 10 heteroatoms. The average molecular weight is 454 g/mol. The molecule has 0 radical (unpaired) electrons. The van der Waals surface area contributed by atoms with Crippen molar-refractivity contribution in [2.24, 2.45) is 0 Å². The van der Waals surface area contributed by atoms with Gasteiger partial charge in [0.15, 0.2) is 11.5 Å². The van der Waals surface area contributed by atoms with Crippen LogP contribution in [-0.2, 0) is 15.1 Å². The van der Waals surface area contributed by atoms with Gasteiger partial charge in [-0.2, -0.15) is 13.2 Å². The summed E-state index contributed by atoms with van der Waals surface area (Å²) in [6.07, 6.45) is -5.04. The first-order valence-electron chi connectivity index (χ1n) is 9.86. The Balaban J connectivity index is 2.10. The van der Waals surface area contributed by atoms with Gasteiger partial charge in [-0.1, -0.05) is 18.2 Å². The number of benzene rings is 2. The Kier molecular flexibility index (Phi) is 6.73. The van der Waals surface area contributed by atoms with Crippen molar-refractivity contribution in [2.45, 2.75) is 11.7 Å². The van der Waals surface area contributed by atoms with Gasteiger partial charge in [-0.15, -0.1) is 0 Å². The summed E-state index contributed by atoms with van der Waals surface area (Å²) in [5.74, 6) is -2.44. The molecule has 1 heterocycles. The van der Waals surface area contributed by atoms with E-state index >= 15 is 0 Å². The fourth-order valence-corrected chi connectivity index (χ4v) is 4.08. The number of piperazine rings is 1. The number of para-hydroxylation sites is 1. The van der Waals surface area contributed by atoms with E-state index in [1.54, 1.807) is 0 Å². The zero-order valence-electron chi connectivity index (χ0n) is 18.0. The number of phenols is 1. The average Bonchev–Trinajstić information content (AvgIpc) is 2.80. The second kappa shape index (κ2) is 9.15. The number of alkyl halides is 3. The van der Waals surface area contributed by atoms with Crippen molar-refractivity contribution in [3.8, 4) is 17.2 Å². The first-order chi connectivity index (χ1) is 15.2. The highest BCUT2D eigenvalue weighted by atomic mass is 19.4. The van der Waals surface area contributed by atoms with Gasteiger partial charge in [-0.3, -0.25) is 4.90 Å². The molecule has 7 nitrogen and oxygen atoms in total. The molecule has 1 N–H and O–H groups in total. The van der Waals surface area contributed by atoms with E-state index < -0.39 is 29.0 Å². The lowest BCUT2D eigenvalue weighted by Gasteiger charge is -2.47. The van der Waals surface area contributed by atoms with Crippen LogP contribution in [0.5, 0.6) is 17.2 Å². The van der Waals surface area contributed by atoms with Gasteiger partial charge in [0.05, 0.1) is 21.3 Å². The van der Waals surface area contributed by atoms with Crippen LogP contribution in [0.2, 0.25) is 0 Å². The zero-order chi connectivity index (χ0) is 23.5. The minimum absolute atomic E-state index is 0.0605. The van der Waals surface area contributed by atoms with Gasteiger partial charge >= 0.3 is 12.1 Å². The maximum atomic E-state index is 14.8. The molecule has 1 aliphatic rings. The zero-order valence-corrected chi connectivity index (χ0v) is 18.0. The molecule has 0 aliphatic carbocycles. The van der Waals surface area contributed by atoms with Crippen molar-refractivity contribution in [3.63, 3.8) is 0 Å². The van der Waals surface area contributed by atoms with Crippen molar-refractivity contribution in [2.75, 3.05) is 52.4 Å². The molecule has 0 spiro atoms. The highest BCUT2D eigenvalue weighted by molar-refractivity contribution is 5.84. The minimum atomic E-state index is -5.04. The second-order valence-electron chi connectivity index (χ2n) is 7.24. The standard InChI is InChI=1S/C22H25F3N2O5/c1-30-17-13-15(14-18(31-2)19(17)28)21(20(29)32-3,22(23,24)25)27-11-9-26(10-12-27)16-7-5-4-6-8-16/h4-8,13-14,28H,9-12H2,1-3H3. The minimum Gasteiger partial charge on any atom is -0.502 e.